The average Bonchev–Trinajstić information content (AvgIpc) is 2.69. The molecule has 1 aliphatic heterocycles. The predicted octanol–water partition coefficient (Wildman–Crippen LogP) is 1.46. The number of sulfone groups is 1. The van der Waals surface area contributed by atoms with Crippen molar-refractivity contribution in [3.05, 3.63) is 17.2 Å². The fourth-order valence-electron chi connectivity index (χ4n) is 2.01. The summed E-state index contributed by atoms with van der Waals surface area (Å²) in [4.78, 5) is 4.20. The van der Waals surface area contributed by atoms with Crippen LogP contribution in [-0.4, -0.2) is 29.5 Å². The zero-order valence-corrected chi connectivity index (χ0v) is 10.1. The molecule has 1 atom stereocenters. The first-order valence-corrected chi connectivity index (χ1v) is 7.15. The molecule has 15 heavy (non-hydrogen) atoms. The number of rotatable bonds is 2. The molecule has 1 aromatic rings. The molecule has 1 saturated heterocycles. The van der Waals surface area contributed by atoms with Gasteiger partial charge in [-0.3, -0.25) is 0 Å². The van der Waals surface area contributed by atoms with E-state index in [9.17, 15) is 8.42 Å². The Hall–Kier alpha value is -0.550. The summed E-state index contributed by atoms with van der Waals surface area (Å²) in [6.07, 6.45) is 2.25. The van der Waals surface area contributed by atoms with Crippen molar-refractivity contribution < 1.29 is 8.42 Å². The Labute approximate surface area is 94.2 Å². The Morgan fingerprint density at radius 1 is 1.67 bits per heavy atom. The van der Waals surface area contributed by atoms with Crippen LogP contribution in [0, 0.1) is 0 Å². The lowest BCUT2D eigenvalue weighted by Gasteiger charge is -2.10. The molecule has 84 valence electrons. The van der Waals surface area contributed by atoms with E-state index < -0.39 is 9.84 Å². The maximum atomic E-state index is 11.4. The summed E-state index contributed by atoms with van der Waals surface area (Å²) in [5.41, 5.74) is 0. The standard InChI is InChI=1S/C9H13ClN2O2S/c1-2-12-8(10)5-11-9(12)7-3-4-15(13,14)6-7/h5,7H,2-4,6H2,1H3. The zero-order chi connectivity index (χ0) is 11.1. The third kappa shape index (κ3) is 2.03. The summed E-state index contributed by atoms with van der Waals surface area (Å²) in [7, 11) is -2.86. The van der Waals surface area contributed by atoms with Crippen molar-refractivity contribution in [3.8, 4) is 0 Å². The number of imidazole rings is 1. The van der Waals surface area contributed by atoms with Crippen molar-refractivity contribution in [2.75, 3.05) is 11.5 Å². The molecule has 0 bridgehead atoms. The van der Waals surface area contributed by atoms with Crippen LogP contribution in [0.15, 0.2) is 6.20 Å². The topological polar surface area (TPSA) is 52.0 Å². The minimum atomic E-state index is -2.86. The third-order valence-corrected chi connectivity index (χ3v) is 4.82. The Balaban J connectivity index is 2.31. The van der Waals surface area contributed by atoms with Gasteiger partial charge < -0.3 is 4.57 Å². The van der Waals surface area contributed by atoms with Gasteiger partial charge in [0.1, 0.15) is 11.0 Å². The van der Waals surface area contributed by atoms with Crippen LogP contribution in [-0.2, 0) is 16.4 Å². The van der Waals surface area contributed by atoms with E-state index in [-0.39, 0.29) is 17.4 Å². The van der Waals surface area contributed by atoms with Gasteiger partial charge in [0.2, 0.25) is 0 Å². The Morgan fingerprint density at radius 3 is 2.93 bits per heavy atom. The molecule has 2 heterocycles. The molecule has 0 spiro atoms. The number of hydrogen-bond acceptors (Lipinski definition) is 3. The van der Waals surface area contributed by atoms with Gasteiger partial charge in [-0.25, -0.2) is 13.4 Å². The summed E-state index contributed by atoms with van der Waals surface area (Å²) in [6, 6.07) is 0. The minimum Gasteiger partial charge on any atom is -0.319 e. The van der Waals surface area contributed by atoms with Crippen molar-refractivity contribution in [1.29, 1.82) is 0 Å². The smallest absolute Gasteiger partial charge is 0.151 e. The lowest BCUT2D eigenvalue weighted by Crippen LogP contribution is -2.10. The Kier molecular flexibility index (Phi) is 2.77. The average molecular weight is 249 g/mol. The molecule has 0 N–H and O–H groups in total. The summed E-state index contributed by atoms with van der Waals surface area (Å²) in [5.74, 6) is 1.30. The number of aromatic nitrogens is 2. The van der Waals surface area contributed by atoms with Crippen molar-refractivity contribution in [2.45, 2.75) is 25.8 Å². The van der Waals surface area contributed by atoms with E-state index in [0.29, 0.717) is 11.6 Å². The second kappa shape index (κ2) is 3.79. The normalized spacial score (nSPS) is 24.5. The van der Waals surface area contributed by atoms with E-state index in [1.165, 1.54) is 0 Å². The molecule has 0 radical (unpaired) electrons. The highest BCUT2D eigenvalue weighted by Gasteiger charge is 2.32. The van der Waals surface area contributed by atoms with Crippen LogP contribution in [0.2, 0.25) is 5.15 Å². The first-order valence-electron chi connectivity index (χ1n) is 4.95. The summed E-state index contributed by atoms with van der Waals surface area (Å²) < 4.78 is 24.6. The maximum absolute atomic E-state index is 11.4. The lowest BCUT2D eigenvalue weighted by atomic mass is 10.1. The van der Waals surface area contributed by atoms with Gasteiger partial charge in [0.25, 0.3) is 0 Å². The van der Waals surface area contributed by atoms with E-state index in [2.05, 4.69) is 4.98 Å². The van der Waals surface area contributed by atoms with E-state index >= 15 is 0 Å². The van der Waals surface area contributed by atoms with Gasteiger partial charge in [-0.1, -0.05) is 11.6 Å². The van der Waals surface area contributed by atoms with Gasteiger partial charge in [-0.2, -0.15) is 0 Å². The van der Waals surface area contributed by atoms with Gasteiger partial charge in [-0.15, -0.1) is 0 Å². The van der Waals surface area contributed by atoms with Crippen LogP contribution in [0.5, 0.6) is 0 Å². The molecule has 1 aromatic heterocycles. The number of nitrogens with zero attached hydrogens (tertiary/aromatic N) is 2. The zero-order valence-electron chi connectivity index (χ0n) is 8.48. The third-order valence-electron chi connectivity index (χ3n) is 2.75. The first kappa shape index (κ1) is 11.0. The molecule has 0 saturated carbocycles. The van der Waals surface area contributed by atoms with Crippen molar-refractivity contribution in [1.82, 2.24) is 9.55 Å². The van der Waals surface area contributed by atoms with E-state index in [4.69, 9.17) is 11.6 Å². The van der Waals surface area contributed by atoms with Crippen LogP contribution >= 0.6 is 11.6 Å². The Bertz CT molecular complexity index is 466. The summed E-state index contributed by atoms with van der Waals surface area (Å²) in [5, 5.41) is 0.580. The molecule has 1 fully saturated rings. The minimum absolute atomic E-state index is 0.0162. The van der Waals surface area contributed by atoms with Crippen LogP contribution in [0.4, 0.5) is 0 Å². The molecule has 0 aromatic carbocycles. The monoisotopic (exact) mass is 248 g/mol. The second-order valence-electron chi connectivity index (χ2n) is 3.78. The molecule has 0 amide bonds. The van der Waals surface area contributed by atoms with E-state index in [1.54, 1.807) is 6.20 Å². The largest absolute Gasteiger partial charge is 0.319 e. The van der Waals surface area contributed by atoms with Gasteiger partial charge in [0, 0.05) is 12.5 Å². The molecule has 1 unspecified atom stereocenters. The second-order valence-corrected chi connectivity index (χ2v) is 6.40. The summed E-state index contributed by atoms with van der Waals surface area (Å²) >= 11 is 5.95. The highest BCUT2D eigenvalue weighted by molar-refractivity contribution is 7.91. The van der Waals surface area contributed by atoms with Gasteiger partial charge in [-0.05, 0) is 13.3 Å². The Morgan fingerprint density at radius 2 is 2.40 bits per heavy atom. The molecule has 4 nitrogen and oxygen atoms in total. The van der Waals surface area contributed by atoms with Crippen LogP contribution in [0.25, 0.3) is 0 Å². The molecular weight excluding hydrogens is 236 g/mol. The fraction of sp³-hybridized carbons (Fsp3) is 0.667. The fourth-order valence-corrected chi connectivity index (χ4v) is 4.00. The van der Waals surface area contributed by atoms with Crippen LogP contribution < -0.4 is 0 Å². The molecular formula is C9H13ClN2O2S. The number of hydrogen-bond donors (Lipinski definition) is 0. The molecule has 1 aliphatic rings. The van der Waals surface area contributed by atoms with Crippen molar-refractivity contribution >= 4 is 21.4 Å². The van der Waals surface area contributed by atoms with Crippen molar-refractivity contribution in [2.24, 2.45) is 0 Å². The van der Waals surface area contributed by atoms with Gasteiger partial charge in [0.15, 0.2) is 9.84 Å². The van der Waals surface area contributed by atoms with Crippen molar-refractivity contribution in [3.63, 3.8) is 0 Å². The molecule has 2 rings (SSSR count). The van der Waals surface area contributed by atoms with Gasteiger partial charge in [0.05, 0.1) is 17.7 Å². The van der Waals surface area contributed by atoms with E-state index in [1.807, 2.05) is 11.5 Å². The van der Waals surface area contributed by atoms with Crippen LogP contribution in [0.1, 0.15) is 25.1 Å². The lowest BCUT2D eigenvalue weighted by molar-refractivity contribution is 0.598. The quantitative estimate of drug-likeness (QED) is 0.796. The highest BCUT2D eigenvalue weighted by atomic mass is 35.5. The number of halogens is 1. The van der Waals surface area contributed by atoms with Crippen LogP contribution in [0.3, 0.4) is 0 Å². The first-order chi connectivity index (χ1) is 7.03. The highest BCUT2D eigenvalue weighted by Crippen LogP contribution is 2.29. The molecule has 0 aliphatic carbocycles. The van der Waals surface area contributed by atoms with E-state index in [0.717, 1.165) is 12.4 Å². The maximum Gasteiger partial charge on any atom is 0.151 e. The predicted molar refractivity (Wildman–Crippen MR) is 58.9 cm³/mol. The van der Waals surface area contributed by atoms with Gasteiger partial charge >= 0.3 is 0 Å². The SMILES string of the molecule is CCn1c(Cl)cnc1C1CCS(=O)(=O)C1. The summed E-state index contributed by atoms with van der Waals surface area (Å²) in [6.45, 7) is 2.70. The molecule has 6 heteroatoms.